The highest BCUT2D eigenvalue weighted by atomic mass is 35.5. The lowest BCUT2D eigenvalue weighted by Gasteiger charge is -2.27. The first kappa shape index (κ1) is 20.4. The Hall–Kier alpha value is -2.83. The summed E-state index contributed by atoms with van der Waals surface area (Å²) in [6.07, 6.45) is 0.755. The smallest absolute Gasteiger partial charge is 0.261 e. The molecule has 1 aliphatic rings. The van der Waals surface area contributed by atoms with Crippen molar-refractivity contribution in [2.45, 2.75) is 19.5 Å². The van der Waals surface area contributed by atoms with Crippen molar-refractivity contribution in [3.05, 3.63) is 86.1 Å². The van der Waals surface area contributed by atoms with Crippen molar-refractivity contribution in [2.24, 2.45) is 0 Å². The lowest BCUT2D eigenvalue weighted by atomic mass is 10.1. The van der Waals surface area contributed by atoms with Crippen LogP contribution in [0.2, 0.25) is 5.02 Å². The van der Waals surface area contributed by atoms with Gasteiger partial charge in [0, 0.05) is 35.1 Å². The highest BCUT2D eigenvalue weighted by Gasteiger charge is 2.25. The molecular formula is C23H21ClN2O3S. The number of amides is 2. The summed E-state index contributed by atoms with van der Waals surface area (Å²) in [5, 5.41) is 3.57. The van der Waals surface area contributed by atoms with Gasteiger partial charge in [0.1, 0.15) is 5.75 Å². The highest BCUT2D eigenvalue weighted by molar-refractivity contribution is 7.14. The number of carbonyl (C=O) groups is 2. The van der Waals surface area contributed by atoms with E-state index >= 15 is 0 Å². The molecule has 154 valence electrons. The maximum Gasteiger partial charge on any atom is 0.261 e. The number of fused-ring (bicyclic) bond motifs is 1. The summed E-state index contributed by atoms with van der Waals surface area (Å²) in [5.74, 6) is 0.670. The second kappa shape index (κ2) is 8.90. The summed E-state index contributed by atoms with van der Waals surface area (Å²) >= 11 is 7.42. The van der Waals surface area contributed by atoms with Crippen molar-refractivity contribution in [3.63, 3.8) is 0 Å². The molecule has 0 saturated heterocycles. The van der Waals surface area contributed by atoms with Gasteiger partial charge in [0.2, 0.25) is 0 Å². The molecule has 2 aromatic carbocycles. The monoisotopic (exact) mass is 440 g/mol. The Bertz CT molecular complexity index is 1060. The zero-order valence-electron chi connectivity index (χ0n) is 16.5. The van der Waals surface area contributed by atoms with E-state index in [4.69, 9.17) is 16.3 Å². The van der Waals surface area contributed by atoms with E-state index in [1.54, 1.807) is 31.4 Å². The van der Waals surface area contributed by atoms with Crippen LogP contribution >= 0.6 is 22.9 Å². The van der Waals surface area contributed by atoms with Gasteiger partial charge >= 0.3 is 0 Å². The molecule has 1 N–H and O–H groups in total. The van der Waals surface area contributed by atoms with E-state index in [9.17, 15) is 9.59 Å². The quantitative estimate of drug-likeness (QED) is 0.633. The topological polar surface area (TPSA) is 58.6 Å². The molecule has 30 heavy (non-hydrogen) atoms. The van der Waals surface area contributed by atoms with Crippen LogP contribution in [0.4, 0.5) is 0 Å². The Kier molecular flexibility index (Phi) is 6.06. The number of rotatable bonds is 5. The molecule has 7 heteroatoms. The van der Waals surface area contributed by atoms with Gasteiger partial charge in [0.15, 0.2) is 0 Å². The summed E-state index contributed by atoms with van der Waals surface area (Å²) in [5.41, 5.74) is 2.67. The van der Waals surface area contributed by atoms with Gasteiger partial charge in [-0.2, -0.15) is 0 Å². The van der Waals surface area contributed by atoms with Crippen LogP contribution in [0.25, 0.3) is 0 Å². The molecule has 1 aliphatic heterocycles. The van der Waals surface area contributed by atoms with Gasteiger partial charge in [-0.15, -0.1) is 11.3 Å². The molecule has 0 bridgehead atoms. The molecule has 0 radical (unpaired) electrons. The number of thiophene rings is 1. The number of benzene rings is 2. The number of hydrogen-bond acceptors (Lipinski definition) is 4. The maximum absolute atomic E-state index is 12.8. The number of nitrogens with one attached hydrogen (secondary N) is 1. The van der Waals surface area contributed by atoms with Crippen LogP contribution in [-0.4, -0.2) is 30.4 Å². The van der Waals surface area contributed by atoms with E-state index in [2.05, 4.69) is 5.32 Å². The minimum Gasteiger partial charge on any atom is -0.497 e. The molecule has 0 unspecified atom stereocenters. The van der Waals surface area contributed by atoms with E-state index in [1.165, 1.54) is 16.2 Å². The number of hydrogen-bond donors (Lipinski definition) is 1. The summed E-state index contributed by atoms with van der Waals surface area (Å²) < 4.78 is 5.15. The molecule has 0 saturated carbocycles. The standard InChI is InChI=1S/C23H21ClN2O3S/c1-29-19-8-2-15(3-9-19)13-25-22(27)21-12-17-14-26(11-10-20(17)30-21)23(28)16-4-6-18(24)7-5-16/h2-9,12H,10-11,13-14H2,1H3,(H,25,27). The molecule has 2 amide bonds. The third-order valence-corrected chi connectivity index (χ3v) is 6.57. The minimum absolute atomic E-state index is 0.0194. The molecule has 4 rings (SSSR count). The Balaban J connectivity index is 1.39. The summed E-state index contributed by atoms with van der Waals surface area (Å²) in [7, 11) is 1.62. The van der Waals surface area contributed by atoms with Gasteiger partial charge in [-0.3, -0.25) is 9.59 Å². The molecule has 0 spiro atoms. The first-order valence-corrected chi connectivity index (χ1v) is 10.8. The van der Waals surface area contributed by atoms with Gasteiger partial charge in [0.05, 0.1) is 12.0 Å². The van der Waals surface area contributed by atoms with Crippen LogP contribution in [0.1, 0.15) is 36.0 Å². The zero-order chi connectivity index (χ0) is 21.1. The van der Waals surface area contributed by atoms with E-state index in [0.717, 1.165) is 23.3 Å². The lowest BCUT2D eigenvalue weighted by molar-refractivity contribution is 0.0736. The summed E-state index contributed by atoms with van der Waals surface area (Å²) in [4.78, 5) is 29.0. The number of ether oxygens (including phenoxy) is 1. The van der Waals surface area contributed by atoms with Crippen molar-refractivity contribution >= 4 is 34.8 Å². The van der Waals surface area contributed by atoms with Gasteiger partial charge in [-0.1, -0.05) is 23.7 Å². The maximum atomic E-state index is 12.8. The van der Waals surface area contributed by atoms with Gasteiger partial charge in [-0.05, 0) is 60.0 Å². The molecule has 3 aromatic rings. The lowest BCUT2D eigenvalue weighted by Crippen LogP contribution is -2.35. The molecule has 0 atom stereocenters. The van der Waals surface area contributed by atoms with Crippen LogP contribution in [0.3, 0.4) is 0 Å². The minimum atomic E-state index is -0.0965. The van der Waals surface area contributed by atoms with Crippen molar-refractivity contribution in [1.82, 2.24) is 10.2 Å². The van der Waals surface area contributed by atoms with Crippen LogP contribution in [0.15, 0.2) is 54.6 Å². The number of nitrogens with zero attached hydrogens (tertiary/aromatic N) is 1. The molecular weight excluding hydrogens is 420 g/mol. The van der Waals surface area contributed by atoms with Crippen LogP contribution in [-0.2, 0) is 19.5 Å². The largest absolute Gasteiger partial charge is 0.497 e. The third-order valence-electron chi connectivity index (χ3n) is 5.08. The molecule has 0 fully saturated rings. The fourth-order valence-electron chi connectivity index (χ4n) is 3.41. The average Bonchev–Trinajstić information content (AvgIpc) is 3.21. The Morgan fingerprint density at radius 1 is 1.13 bits per heavy atom. The molecule has 0 aliphatic carbocycles. The fourth-order valence-corrected chi connectivity index (χ4v) is 4.61. The molecule has 5 nitrogen and oxygen atoms in total. The van der Waals surface area contributed by atoms with E-state index in [0.29, 0.717) is 35.1 Å². The molecule has 2 heterocycles. The Morgan fingerprint density at radius 3 is 2.57 bits per heavy atom. The fraction of sp³-hybridized carbons (Fsp3) is 0.217. The summed E-state index contributed by atoms with van der Waals surface area (Å²) in [6.45, 7) is 1.60. The predicted molar refractivity (Wildman–Crippen MR) is 118 cm³/mol. The van der Waals surface area contributed by atoms with Crippen LogP contribution in [0.5, 0.6) is 5.75 Å². The van der Waals surface area contributed by atoms with Crippen molar-refractivity contribution in [1.29, 1.82) is 0 Å². The second-order valence-electron chi connectivity index (χ2n) is 7.07. The third kappa shape index (κ3) is 4.50. The number of halogens is 1. The van der Waals surface area contributed by atoms with Gasteiger partial charge < -0.3 is 15.0 Å². The van der Waals surface area contributed by atoms with E-state index < -0.39 is 0 Å². The van der Waals surface area contributed by atoms with Gasteiger partial charge in [0.25, 0.3) is 11.8 Å². The normalized spacial score (nSPS) is 12.9. The second-order valence-corrected chi connectivity index (χ2v) is 8.65. The van der Waals surface area contributed by atoms with Gasteiger partial charge in [-0.25, -0.2) is 0 Å². The SMILES string of the molecule is COc1ccc(CNC(=O)c2cc3c(s2)CCN(C(=O)c2ccc(Cl)cc2)C3)cc1. The highest BCUT2D eigenvalue weighted by Crippen LogP contribution is 2.29. The average molecular weight is 441 g/mol. The molecule has 1 aromatic heterocycles. The number of carbonyl (C=O) groups excluding carboxylic acids is 2. The number of methoxy groups -OCH3 is 1. The van der Waals surface area contributed by atoms with Crippen LogP contribution < -0.4 is 10.1 Å². The first-order chi connectivity index (χ1) is 14.5. The van der Waals surface area contributed by atoms with Crippen molar-refractivity contribution in [2.75, 3.05) is 13.7 Å². The van der Waals surface area contributed by atoms with Crippen LogP contribution in [0, 0.1) is 0 Å². The van der Waals surface area contributed by atoms with Crippen molar-refractivity contribution < 1.29 is 14.3 Å². The van der Waals surface area contributed by atoms with E-state index in [1.807, 2.05) is 35.2 Å². The Morgan fingerprint density at radius 2 is 1.87 bits per heavy atom. The zero-order valence-corrected chi connectivity index (χ0v) is 18.1. The predicted octanol–water partition coefficient (Wildman–Crippen LogP) is 4.54. The van der Waals surface area contributed by atoms with Crippen molar-refractivity contribution in [3.8, 4) is 5.75 Å². The van der Waals surface area contributed by atoms with E-state index in [-0.39, 0.29) is 11.8 Å². The Labute approximate surface area is 184 Å². The first-order valence-electron chi connectivity index (χ1n) is 9.61. The summed E-state index contributed by atoms with van der Waals surface area (Å²) in [6, 6.07) is 16.4.